The lowest BCUT2D eigenvalue weighted by Crippen LogP contribution is -2.05. The van der Waals surface area contributed by atoms with Gasteiger partial charge < -0.3 is 0 Å². The summed E-state index contributed by atoms with van der Waals surface area (Å²) in [4.78, 5) is 0. The number of allylic oxidation sites excluding steroid dienone is 1. The van der Waals surface area contributed by atoms with Crippen LogP contribution in [-0.4, -0.2) is 11.3 Å². The van der Waals surface area contributed by atoms with Gasteiger partial charge in [-0.3, -0.25) is 0 Å². The number of benzene rings is 1. The summed E-state index contributed by atoms with van der Waals surface area (Å²) >= 11 is 0. The summed E-state index contributed by atoms with van der Waals surface area (Å²) in [6, 6.07) is 8.82. The van der Waals surface area contributed by atoms with Crippen LogP contribution in [0, 0.1) is 0 Å². The maximum absolute atomic E-state index is 2.45. The normalized spacial score (nSPS) is 14.8. The van der Waals surface area contributed by atoms with E-state index in [2.05, 4.69) is 58.0 Å². The van der Waals surface area contributed by atoms with Crippen LogP contribution in [0.25, 0.3) is 6.08 Å². The van der Waals surface area contributed by atoms with Gasteiger partial charge in [-0.25, -0.2) is 0 Å². The van der Waals surface area contributed by atoms with Crippen molar-refractivity contribution in [1.82, 2.24) is 0 Å². The second-order valence-corrected chi connectivity index (χ2v) is 8.56. The minimum Gasteiger partial charge on any atom is -0.0741 e. The molecular formula is C15H21P. The first kappa shape index (κ1) is 11.9. The number of rotatable bonds is 3. The molecule has 86 valence electrons. The molecule has 0 saturated carbocycles. The van der Waals surface area contributed by atoms with Crippen LogP contribution in [0.4, 0.5) is 0 Å². The van der Waals surface area contributed by atoms with E-state index < -0.39 is 0 Å². The van der Waals surface area contributed by atoms with E-state index >= 15 is 0 Å². The van der Waals surface area contributed by atoms with Gasteiger partial charge in [0.15, 0.2) is 0 Å². The molecule has 1 aromatic carbocycles. The third-order valence-corrected chi connectivity index (χ3v) is 6.37. The molecule has 16 heavy (non-hydrogen) atoms. The highest BCUT2D eigenvalue weighted by atomic mass is 31.1. The fourth-order valence-electron chi connectivity index (χ4n) is 2.69. The van der Waals surface area contributed by atoms with E-state index in [1.807, 2.05) is 0 Å². The van der Waals surface area contributed by atoms with E-state index in [1.165, 1.54) is 17.5 Å². The highest BCUT2D eigenvalue weighted by molar-refractivity contribution is 7.63. The van der Waals surface area contributed by atoms with Crippen molar-refractivity contribution in [2.75, 3.05) is 0 Å². The highest BCUT2D eigenvalue weighted by Gasteiger charge is 2.24. The first-order valence-corrected chi connectivity index (χ1v) is 7.64. The Hall–Kier alpha value is -0.610. The molecule has 0 saturated heterocycles. The Kier molecular flexibility index (Phi) is 3.50. The molecule has 0 atom stereocenters. The summed E-state index contributed by atoms with van der Waals surface area (Å²) in [5.74, 6) is 0. The molecule has 0 amide bonds. The molecule has 0 aromatic heterocycles. The van der Waals surface area contributed by atoms with Gasteiger partial charge in [-0.15, -0.1) is 0 Å². The molecule has 0 unspecified atom stereocenters. The van der Waals surface area contributed by atoms with Crippen LogP contribution in [0.2, 0.25) is 0 Å². The van der Waals surface area contributed by atoms with Crippen LogP contribution in [0.1, 0.15) is 38.8 Å². The van der Waals surface area contributed by atoms with Crippen molar-refractivity contribution in [3.05, 3.63) is 40.7 Å². The van der Waals surface area contributed by atoms with Gasteiger partial charge in [-0.1, -0.05) is 66.0 Å². The van der Waals surface area contributed by atoms with Crippen molar-refractivity contribution in [2.24, 2.45) is 0 Å². The predicted molar refractivity (Wildman–Crippen MR) is 75.3 cm³/mol. The quantitative estimate of drug-likeness (QED) is 0.651. The number of fused-ring (bicyclic) bond motifs is 1. The largest absolute Gasteiger partial charge is 0.0741 e. The molecule has 0 fully saturated rings. The zero-order chi connectivity index (χ0) is 11.7. The highest BCUT2D eigenvalue weighted by Crippen LogP contribution is 2.56. The summed E-state index contributed by atoms with van der Waals surface area (Å²) in [5, 5.41) is 1.70. The average Bonchev–Trinajstić information content (AvgIpc) is 2.58. The molecule has 0 bridgehead atoms. The van der Waals surface area contributed by atoms with Gasteiger partial charge in [0.1, 0.15) is 0 Å². The molecule has 1 heteroatoms. The molecule has 1 aromatic rings. The summed E-state index contributed by atoms with van der Waals surface area (Å²) in [5.41, 5.74) is 4.57. The molecule has 0 spiro atoms. The first-order valence-electron chi connectivity index (χ1n) is 6.16. The van der Waals surface area contributed by atoms with Crippen LogP contribution in [0.5, 0.6) is 0 Å². The second-order valence-electron chi connectivity index (χ2n) is 5.11. The maximum atomic E-state index is 2.45. The maximum Gasteiger partial charge on any atom is -0.00150 e. The molecule has 1 aliphatic carbocycles. The Labute approximate surface area is 101 Å². The zero-order valence-electron chi connectivity index (χ0n) is 10.7. The summed E-state index contributed by atoms with van der Waals surface area (Å²) in [7, 11) is 0.0350. The third kappa shape index (κ3) is 2.23. The van der Waals surface area contributed by atoms with Gasteiger partial charge in [-0.05, 0) is 34.2 Å². The van der Waals surface area contributed by atoms with Gasteiger partial charge in [0.05, 0.1) is 0 Å². The molecule has 0 heterocycles. The van der Waals surface area contributed by atoms with E-state index in [0.29, 0.717) is 0 Å². The summed E-state index contributed by atoms with van der Waals surface area (Å²) in [6.45, 7) is 9.48. The third-order valence-electron chi connectivity index (χ3n) is 3.19. The van der Waals surface area contributed by atoms with Crippen molar-refractivity contribution in [2.45, 2.75) is 45.4 Å². The van der Waals surface area contributed by atoms with E-state index in [-0.39, 0.29) is 7.92 Å². The predicted octanol–water partition coefficient (Wildman–Crippen LogP) is 4.88. The van der Waals surface area contributed by atoms with Gasteiger partial charge in [0.2, 0.25) is 0 Å². The van der Waals surface area contributed by atoms with Crippen LogP contribution in [-0.2, 0) is 6.42 Å². The monoisotopic (exact) mass is 232 g/mol. The Balaban J connectivity index is 2.26. The molecule has 1 aliphatic rings. The molecule has 0 aliphatic heterocycles. The van der Waals surface area contributed by atoms with Gasteiger partial charge in [0, 0.05) is 0 Å². The smallest absolute Gasteiger partial charge is 0.00150 e. The van der Waals surface area contributed by atoms with E-state index in [4.69, 9.17) is 0 Å². The average molecular weight is 232 g/mol. The lowest BCUT2D eigenvalue weighted by Gasteiger charge is -2.27. The van der Waals surface area contributed by atoms with Gasteiger partial charge in [-0.2, -0.15) is 0 Å². The number of hydrogen-bond donors (Lipinski definition) is 0. The van der Waals surface area contributed by atoms with Gasteiger partial charge in [0.25, 0.3) is 0 Å². The Morgan fingerprint density at radius 2 is 1.62 bits per heavy atom. The van der Waals surface area contributed by atoms with E-state index in [1.54, 1.807) is 5.31 Å². The summed E-state index contributed by atoms with van der Waals surface area (Å²) in [6.07, 6.45) is 3.64. The second kappa shape index (κ2) is 4.72. The van der Waals surface area contributed by atoms with Crippen molar-refractivity contribution in [1.29, 1.82) is 0 Å². The Morgan fingerprint density at radius 3 is 2.19 bits per heavy atom. The topological polar surface area (TPSA) is 0 Å². The Bertz CT molecular complexity index is 394. The molecular weight excluding hydrogens is 211 g/mol. The van der Waals surface area contributed by atoms with Crippen LogP contribution >= 0.6 is 7.92 Å². The molecule has 2 rings (SSSR count). The number of hydrogen-bond acceptors (Lipinski definition) is 0. The standard InChI is InChI=1S/C15H21P/c1-11(2)16(12(3)4)15-9-13-7-5-6-8-14(13)10-15/h5-9,11-12H,10H2,1-4H3. The minimum atomic E-state index is 0.0350. The fourth-order valence-corrected chi connectivity index (χ4v) is 5.85. The summed E-state index contributed by atoms with van der Waals surface area (Å²) < 4.78 is 0. The Morgan fingerprint density at radius 1 is 1.00 bits per heavy atom. The van der Waals surface area contributed by atoms with Gasteiger partial charge >= 0.3 is 0 Å². The first-order chi connectivity index (χ1) is 7.59. The molecule has 0 radical (unpaired) electrons. The fraction of sp³-hybridized carbons (Fsp3) is 0.467. The van der Waals surface area contributed by atoms with E-state index in [0.717, 1.165) is 11.3 Å². The van der Waals surface area contributed by atoms with Crippen molar-refractivity contribution in [3.63, 3.8) is 0 Å². The minimum absolute atomic E-state index is 0.0350. The van der Waals surface area contributed by atoms with Crippen molar-refractivity contribution >= 4 is 14.0 Å². The molecule has 0 nitrogen and oxygen atoms in total. The lowest BCUT2D eigenvalue weighted by molar-refractivity contribution is 1.01. The van der Waals surface area contributed by atoms with Crippen molar-refractivity contribution in [3.8, 4) is 0 Å². The van der Waals surface area contributed by atoms with E-state index in [9.17, 15) is 0 Å². The van der Waals surface area contributed by atoms with Crippen LogP contribution < -0.4 is 0 Å². The SMILES string of the molecule is CC(C)P(C1=Cc2ccccc2C1)C(C)C. The van der Waals surface area contributed by atoms with Crippen LogP contribution in [0.15, 0.2) is 29.6 Å². The lowest BCUT2D eigenvalue weighted by atomic mass is 10.1. The molecule has 0 N–H and O–H groups in total. The van der Waals surface area contributed by atoms with Crippen molar-refractivity contribution < 1.29 is 0 Å². The zero-order valence-corrected chi connectivity index (χ0v) is 11.6. The van der Waals surface area contributed by atoms with Crippen LogP contribution in [0.3, 0.4) is 0 Å².